The lowest BCUT2D eigenvalue weighted by molar-refractivity contribution is -0.132. The molecule has 3 aliphatic rings. The standard InChI is InChI=1S/C32H51N5O5.C2H6.CH4O/c1-5-9-25(30(39)24-11-6-7-12-27(24)38)28(33)31-35-29-22(13-15-40-4)16-37(23-19-41-20-23)17-26(29)32(36-31)42-18-21(2)10-8-14-34-3;2*1-2/h21-24,34H,5-20,33H2,1-4H3;1-2H3;2H,1H3/b28-25-;;/t21?,22-,24-;;/m0../s1. The number of aliphatic hydroxyl groups excluding tert-OH is 1. The molecule has 0 aromatic carbocycles. The minimum atomic E-state index is -0.613. The van der Waals surface area contributed by atoms with Crippen molar-refractivity contribution >= 4 is 17.3 Å². The van der Waals surface area contributed by atoms with Gasteiger partial charge in [0.15, 0.2) is 11.6 Å². The van der Waals surface area contributed by atoms with Crippen molar-refractivity contribution in [3.05, 3.63) is 22.7 Å². The third kappa shape index (κ3) is 10.8. The Hall–Kier alpha value is -2.44. The first kappa shape index (κ1) is 39.7. The van der Waals surface area contributed by atoms with Gasteiger partial charge in [0, 0.05) is 51.8 Å². The van der Waals surface area contributed by atoms with Crippen molar-refractivity contribution in [2.75, 3.05) is 60.8 Å². The molecule has 4 rings (SSSR count). The Morgan fingerprint density at radius 2 is 1.96 bits per heavy atom. The Labute approximate surface area is 277 Å². The molecule has 3 atom stereocenters. The van der Waals surface area contributed by atoms with Crippen LogP contribution < -0.4 is 15.8 Å². The van der Waals surface area contributed by atoms with E-state index >= 15 is 0 Å². The summed E-state index contributed by atoms with van der Waals surface area (Å²) in [7, 11) is 4.68. The molecule has 3 heterocycles. The van der Waals surface area contributed by atoms with Crippen LogP contribution in [0.1, 0.15) is 108 Å². The number of methoxy groups -OCH3 is 1. The lowest BCUT2D eigenvalue weighted by Gasteiger charge is -2.42. The van der Waals surface area contributed by atoms with Crippen LogP contribution in [0.3, 0.4) is 0 Å². The number of fused-ring (bicyclic) bond motifs is 1. The number of hydrogen-bond donors (Lipinski definition) is 3. The molecule has 11 nitrogen and oxygen atoms in total. The molecule has 1 aromatic rings. The van der Waals surface area contributed by atoms with Crippen molar-refractivity contribution in [3.63, 3.8) is 0 Å². The maximum Gasteiger partial charge on any atom is 0.221 e. The van der Waals surface area contributed by atoms with E-state index < -0.39 is 5.92 Å². The molecule has 1 aliphatic carbocycles. The van der Waals surface area contributed by atoms with Gasteiger partial charge in [-0.2, -0.15) is 4.98 Å². The molecule has 2 aliphatic heterocycles. The fraction of sp³-hybridized carbons (Fsp3) is 0.771. The van der Waals surface area contributed by atoms with Gasteiger partial charge in [-0.1, -0.05) is 40.5 Å². The average molecular weight is 648 g/mol. The third-order valence-corrected chi connectivity index (χ3v) is 8.87. The molecule has 4 N–H and O–H groups in total. The molecule has 262 valence electrons. The Kier molecular flexibility index (Phi) is 18.5. The molecule has 1 saturated carbocycles. The molecule has 0 amide bonds. The summed E-state index contributed by atoms with van der Waals surface area (Å²) in [6.45, 7) is 13.3. The van der Waals surface area contributed by atoms with Gasteiger partial charge in [0.2, 0.25) is 5.88 Å². The summed E-state index contributed by atoms with van der Waals surface area (Å²) >= 11 is 0. The number of rotatable bonds is 16. The molecule has 46 heavy (non-hydrogen) atoms. The van der Waals surface area contributed by atoms with E-state index in [1.807, 2.05) is 27.8 Å². The van der Waals surface area contributed by atoms with E-state index in [-0.39, 0.29) is 23.2 Å². The van der Waals surface area contributed by atoms with Crippen molar-refractivity contribution < 1.29 is 28.9 Å². The van der Waals surface area contributed by atoms with E-state index in [0.29, 0.717) is 68.3 Å². The fourth-order valence-electron chi connectivity index (χ4n) is 6.22. The van der Waals surface area contributed by atoms with Gasteiger partial charge in [-0.3, -0.25) is 14.5 Å². The zero-order chi connectivity index (χ0) is 34.1. The van der Waals surface area contributed by atoms with Crippen molar-refractivity contribution in [2.45, 2.75) is 104 Å². The maximum atomic E-state index is 13.7. The number of allylic oxidation sites excluding steroid dienone is 1. The second kappa shape index (κ2) is 21.4. The number of ketones is 2. The number of hydrogen-bond acceptors (Lipinski definition) is 11. The zero-order valence-electron chi connectivity index (χ0n) is 29.5. The first-order valence-corrected chi connectivity index (χ1v) is 17.4. The molecule has 2 fully saturated rings. The Morgan fingerprint density at radius 3 is 2.57 bits per heavy atom. The van der Waals surface area contributed by atoms with E-state index in [9.17, 15) is 9.59 Å². The van der Waals surface area contributed by atoms with Gasteiger partial charge in [-0.15, -0.1) is 0 Å². The lowest BCUT2D eigenvalue weighted by Crippen LogP contribution is -2.51. The van der Waals surface area contributed by atoms with Crippen LogP contribution in [0.5, 0.6) is 5.88 Å². The molecular formula is C35H61N5O6. The smallest absolute Gasteiger partial charge is 0.221 e. The Morgan fingerprint density at radius 1 is 1.22 bits per heavy atom. The number of carbonyl (C=O) groups excluding carboxylic acids is 2. The van der Waals surface area contributed by atoms with E-state index in [1.54, 1.807) is 7.11 Å². The van der Waals surface area contributed by atoms with E-state index in [2.05, 4.69) is 17.1 Å². The number of nitrogens with one attached hydrogen (secondary N) is 1. The molecule has 11 heteroatoms. The highest BCUT2D eigenvalue weighted by atomic mass is 16.5. The minimum Gasteiger partial charge on any atom is -0.477 e. The number of nitrogens with zero attached hydrogens (tertiary/aromatic N) is 3. The number of nitrogens with two attached hydrogens (primary N) is 1. The van der Waals surface area contributed by atoms with Crippen LogP contribution in [0.4, 0.5) is 0 Å². The van der Waals surface area contributed by atoms with Crippen LogP contribution in [0.25, 0.3) is 5.70 Å². The van der Waals surface area contributed by atoms with Gasteiger partial charge in [-0.25, -0.2) is 4.98 Å². The molecule has 1 saturated heterocycles. The van der Waals surface area contributed by atoms with E-state index in [4.69, 9.17) is 35.0 Å². The second-order valence-electron chi connectivity index (χ2n) is 12.2. The highest BCUT2D eigenvalue weighted by Crippen LogP contribution is 2.37. The van der Waals surface area contributed by atoms with Crippen molar-refractivity contribution in [1.29, 1.82) is 0 Å². The summed E-state index contributed by atoms with van der Waals surface area (Å²) in [5.41, 5.74) is 9.43. The molecule has 1 aromatic heterocycles. The van der Waals surface area contributed by atoms with Gasteiger partial charge in [0.1, 0.15) is 5.78 Å². The van der Waals surface area contributed by atoms with Crippen molar-refractivity contribution in [2.24, 2.45) is 17.6 Å². The average Bonchev–Trinajstić information content (AvgIpc) is 3.05. The SMILES string of the molecule is CC.CCC/C(C(=O)[C@H]1CCCCC1=O)=C(/N)c1nc(OCC(C)CCCNC)c2c(n1)[C@@H](CCOC)CN(C1COC1)C2.CO. The summed E-state index contributed by atoms with van der Waals surface area (Å²) in [6, 6.07) is 0.364. The van der Waals surface area contributed by atoms with Crippen LogP contribution in [-0.4, -0.2) is 98.4 Å². The largest absolute Gasteiger partial charge is 0.477 e. The lowest BCUT2D eigenvalue weighted by atomic mass is 9.81. The highest BCUT2D eigenvalue weighted by Gasteiger charge is 2.37. The van der Waals surface area contributed by atoms with Gasteiger partial charge >= 0.3 is 0 Å². The Bertz CT molecular complexity index is 1110. The predicted molar refractivity (Wildman–Crippen MR) is 182 cm³/mol. The number of Topliss-reactive ketones (excluding diaryl/α,β-unsaturated/α-hetero) is 2. The first-order chi connectivity index (χ1) is 22.4. The van der Waals surface area contributed by atoms with Crippen LogP contribution in [0.2, 0.25) is 0 Å². The summed E-state index contributed by atoms with van der Waals surface area (Å²) in [5, 5.41) is 10.2. The quantitative estimate of drug-likeness (QED) is 0.134. The van der Waals surface area contributed by atoms with Gasteiger partial charge in [0.25, 0.3) is 0 Å². The van der Waals surface area contributed by atoms with Crippen molar-refractivity contribution in [3.8, 4) is 5.88 Å². The monoisotopic (exact) mass is 647 g/mol. The normalized spacial score (nSPS) is 21.0. The molecule has 1 unspecified atom stereocenters. The molecule has 0 spiro atoms. The summed E-state index contributed by atoms with van der Waals surface area (Å²) in [6.07, 6.45) is 6.89. The van der Waals surface area contributed by atoms with Crippen LogP contribution in [0, 0.1) is 11.8 Å². The highest BCUT2D eigenvalue weighted by molar-refractivity contribution is 6.13. The second-order valence-corrected chi connectivity index (χ2v) is 12.2. The topological polar surface area (TPSA) is 149 Å². The fourth-order valence-corrected chi connectivity index (χ4v) is 6.22. The van der Waals surface area contributed by atoms with Gasteiger partial charge in [0.05, 0.1) is 48.7 Å². The van der Waals surface area contributed by atoms with Gasteiger partial charge < -0.3 is 30.4 Å². The van der Waals surface area contributed by atoms with Crippen molar-refractivity contribution in [1.82, 2.24) is 20.2 Å². The number of aliphatic hydroxyl groups is 1. The maximum absolute atomic E-state index is 13.7. The van der Waals surface area contributed by atoms with Crippen LogP contribution in [-0.2, 0) is 25.6 Å². The van der Waals surface area contributed by atoms with E-state index in [1.165, 1.54) is 0 Å². The predicted octanol–water partition coefficient (Wildman–Crippen LogP) is 4.26. The number of ether oxygens (including phenoxy) is 3. The molecular weight excluding hydrogens is 586 g/mol. The van der Waals surface area contributed by atoms with E-state index in [0.717, 1.165) is 83.2 Å². The third-order valence-electron chi connectivity index (χ3n) is 8.87. The summed E-state index contributed by atoms with van der Waals surface area (Å²) in [5.74, 6) is 0.571. The van der Waals surface area contributed by atoms with Crippen LogP contribution >= 0.6 is 0 Å². The minimum absolute atomic E-state index is 0.0231. The molecule has 0 radical (unpaired) electrons. The number of carbonyl (C=O) groups is 2. The van der Waals surface area contributed by atoms with Gasteiger partial charge in [-0.05, 0) is 58.0 Å². The number of aromatic nitrogens is 2. The van der Waals surface area contributed by atoms with Crippen LogP contribution in [0.15, 0.2) is 5.57 Å². The summed E-state index contributed by atoms with van der Waals surface area (Å²) < 4.78 is 17.5. The molecule has 0 bridgehead atoms. The zero-order valence-corrected chi connectivity index (χ0v) is 29.5. The summed E-state index contributed by atoms with van der Waals surface area (Å²) in [4.78, 5) is 38.8. The first-order valence-electron chi connectivity index (χ1n) is 17.4. The Balaban J connectivity index is 0.00000177.